The van der Waals surface area contributed by atoms with Crippen molar-refractivity contribution < 1.29 is 35.0 Å². The Hall–Kier alpha value is -3.05. The minimum Gasteiger partial charge on any atom is -0.452 e. The number of para-hydroxylation sites is 1. The molecule has 0 amide bonds. The Kier molecular flexibility index (Phi) is 5.98. The molecule has 0 radical (unpaired) electrons. The van der Waals surface area contributed by atoms with Gasteiger partial charge in [0.1, 0.15) is 23.5 Å². The van der Waals surface area contributed by atoms with Crippen LogP contribution >= 0.6 is 0 Å². The molecule has 9 nitrogen and oxygen atoms in total. The largest absolute Gasteiger partial charge is 0.452 e. The third kappa shape index (κ3) is 3.92. The SMILES string of the molecule is OC[C@H]1O[C@H](O)[C@@](O)(Oc2cccc3ncn(CCc4ccc5ccccc5c4)c23)[C@@H](O)[C@@H]1O. The Labute approximate surface area is 195 Å². The molecule has 0 spiro atoms. The highest BCUT2D eigenvalue weighted by Gasteiger charge is 2.57. The molecule has 0 bridgehead atoms. The number of aryl methyl sites for hydroxylation is 2. The fourth-order valence-electron chi connectivity index (χ4n) is 4.36. The van der Waals surface area contributed by atoms with Crippen LogP contribution in [0, 0.1) is 0 Å². The number of imidazole rings is 1. The van der Waals surface area contributed by atoms with Gasteiger partial charge in [0.2, 0.25) is 6.29 Å². The summed E-state index contributed by atoms with van der Waals surface area (Å²) in [5.74, 6) is -2.51. The van der Waals surface area contributed by atoms with Gasteiger partial charge in [0.05, 0.1) is 18.5 Å². The van der Waals surface area contributed by atoms with Crippen LogP contribution in [0.2, 0.25) is 0 Å². The molecule has 1 aliphatic rings. The van der Waals surface area contributed by atoms with Crippen molar-refractivity contribution in [1.29, 1.82) is 0 Å². The number of aliphatic hydroxyl groups is 5. The van der Waals surface area contributed by atoms with Gasteiger partial charge in [0.15, 0.2) is 6.10 Å². The molecule has 0 unspecified atom stereocenters. The van der Waals surface area contributed by atoms with Crippen LogP contribution in [0.15, 0.2) is 67.0 Å². The summed E-state index contributed by atoms with van der Waals surface area (Å²) in [5.41, 5.74) is 2.28. The molecule has 178 valence electrons. The fourth-order valence-corrected chi connectivity index (χ4v) is 4.36. The van der Waals surface area contributed by atoms with Crippen LogP contribution in [-0.4, -0.2) is 72.1 Å². The Morgan fingerprint density at radius 1 is 1.00 bits per heavy atom. The van der Waals surface area contributed by atoms with E-state index in [-0.39, 0.29) is 5.75 Å². The smallest absolute Gasteiger partial charge is 0.288 e. The number of aromatic nitrogens is 2. The minimum atomic E-state index is -2.66. The maximum atomic E-state index is 10.9. The number of aliphatic hydroxyl groups excluding tert-OH is 4. The van der Waals surface area contributed by atoms with Crippen molar-refractivity contribution in [2.75, 3.05) is 6.61 Å². The average Bonchev–Trinajstić information content (AvgIpc) is 3.28. The molecule has 1 aliphatic heterocycles. The maximum Gasteiger partial charge on any atom is 0.288 e. The zero-order chi connectivity index (χ0) is 23.9. The summed E-state index contributed by atoms with van der Waals surface area (Å²) in [6.07, 6.45) is -4.51. The summed E-state index contributed by atoms with van der Waals surface area (Å²) in [6.45, 7) is -0.0903. The summed E-state index contributed by atoms with van der Waals surface area (Å²) < 4.78 is 12.6. The van der Waals surface area contributed by atoms with E-state index in [9.17, 15) is 25.5 Å². The van der Waals surface area contributed by atoms with Gasteiger partial charge in [-0.05, 0) is 34.9 Å². The van der Waals surface area contributed by atoms with Crippen molar-refractivity contribution in [3.05, 3.63) is 72.6 Å². The van der Waals surface area contributed by atoms with Gasteiger partial charge in [-0.25, -0.2) is 4.98 Å². The summed E-state index contributed by atoms with van der Waals surface area (Å²) in [5, 5.41) is 53.5. The maximum absolute atomic E-state index is 10.9. The second-order valence-electron chi connectivity index (χ2n) is 8.49. The monoisotopic (exact) mass is 466 g/mol. The van der Waals surface area contributed by atoms with Crippen molar-refractivity contribution in [3.63, 3.8) is 0 Å². The summed E-state index contributed by atoms with van der Waals surface area (Å²) in [4.78, 5) is 4.40. The Balaban J connectivity index is 1.42. The van der Waals surface area contributed by atoms with E-state index in [0.717, 1.165) is 10.9 Å². The number of nitrogens with zero attached hydrogens (tertiary/aromatic N) is 2. The van der Waals surface area contributed by atoms with E-state index in [2.05, 4.69) is 35.3 Å². The lowest BCUT2D eigenvalue weighted by Gasteiger charge is -2.45. The van der Waals surface area contributed by atoms with Crippen molar-refractivity contribution in [2.45, 2.75) is 43.4 Å². The highest BCUT2D eigenvalue weighted by atomic mass is 16.7. The molecule has 5 atom stereocenters. The highest BCUT2D eigenvalue weighted by Crippen LogP contribution is 2.35. The molecule has 9 heteroatoms. The Morgan fingerprint density at radius 3 is 2.59 bits per heavy atom. The lowest BCUT2D eigenvalue weighted by Crippen LogP contribution is -2.69. The number of fused-ring (bicyclic) bond motifs is 2. The topological polar surface area (TPSA) is 137 Å². The standard InChI is InChI=1S/C25H26N2O7/c28-13-20-22(29)23(30)25(32,24(31)33-20)34-19-7-3-6-18-21(19)27(14-26-18)11-10-15-8-9-16-4-1-2-5-17(16)12-15/h1-9,12,14,20,22-24,28-32H,10-11,13H2/t20-,22-,23+,24+,25+/m1/s1. The molecule has 34 heavy (non-hydrogen) atoms. The van der Waals surface area contributed by atoms with Gasteiger partial charge < -0.3 is 39.6 Å². The molecule has 5 N–H and O–H groups in total. The lowest BCUT2D eigenvalue weighted by molar-refractivity contribution is -0.385. The summed E-state index contributed by atoms with van der Waals surface area (Å²) >= 11 is 0. The molecule has 3 aromatic carbocycles. The molecule has 1 aromatic heterocycles. The first-order valence-electron chi connectivity index (χ1n) is 11.0. The Bertz CT molecular complexity index is 1310. The zero-order valence-corrected chi connectivity index (χ0v) is 18.2. The zero-order valence-electron chi connectivity index (χ0n) is 18.2. The highest BCUT2D eigenvalue weighted by molar-refractivity contribution is 5.83. The van der Waals surface area contributed by atoms with Gasteiger partial charge >= 0.3 is 0 Å². The minimum absolute atomic E-state index is 0.146. The molecule has 1 fully saturated rings. The second-order valence-corrected chi connectivity index (χ2v) is 8.49. The van der Waals surface area contributed by atoms with Crippen molar-refractivity contribution in [3.8, 4) is 5.75 Å². The Morgan fingerprint density at radius 2 is 1.79 bits per heavy atom. The van der Waals surface area contributed by atoms with E-state index in [0.29, 0.717) is 24.0 Å². The van der Waals surface area contributed by atoms with E-state index in [1.165, 1.54) is 5.39 Å². The van der Waals surface area contributed by atoms with Crippen LogP contribution < -0.4 is 4.74 Å². The molecule has 0 saturated carbocycles. The first kappa shape index (κ1) is 22.7. The van der Waals surface area contributed by atoms with Crippen molar-refractivity contribution in [2.24, 2.45) is 0 Å². The van der Waals surface area contributed by atoms with Crippen LogP contribution in [-0.2, 0) is 17.7 Å². The first-order valence-corrected chi connectivity index (χ1v) is 11.0. The van der Waals surface area contributed by atoms with Gasteiger partial charge in [-0.3, -0.25) is 0 Å². The van der Waals surface area contributed by atoms with Crippen LogP contribution in [0.4, 0.5) is 0 Å². The fraction of sp³-hybridized carbons (Fsp3) is 0.320. The van der Waals surface area contributed by atoms with Crippen LogP contribution in [0.25, 0.3) is 21.8 Å². The molecule has 1 saturated heterocycles. The quantitative estimate of drug-likeness (QED) is 0.265. The van der Waals surface area contributed by atoms with E-state index in [4.69, 9.17) is 9.47 Å². The number of ether oxygens (including phenoxy) is 2. The van der Waals surface area contributed by atoms with Crippen molar-refractivity contribution in [1.82, 2.24) is 9.55 Å². The third-order valence-electron chi connectivity index (χ3n) is 6.30. The third-order valence-corrected chi connectivity index (χ3v) is 6.30. The van der Waals surface area contributed by atoms with Gasteiger partial charge in [0.25, 0.3) is 5.79 Å². The normalized spacial score (nSPS) is 27.3. The molecular weight excluding hydrogens is 440 g/mol. The van der Waals surface area contributed by atoms with E-state index < -0.39 is 37.0 Å². The lowest BCUT2D eigenvalue weighted by atomic mass is 9.96. The number of hydrogen-bond donors (Lipinski definition) is 5. The van der Waals surface area contributed by atoms with Gasteiger partial charge in [-0.2, -0.15) is 0 Å². The van der Waals surface area contributed by atoms with E-state index >= 15 is 0 Å². The summed E-state index contributed by atoms with van der Waals surface area (Å²) in [6, 6.07) is 19.4. The average molecular weight is 466 g/mol. The number of hydrogen-bond acceptors (Lipinski definition) is 8. The predicted octanol–water partition coefficient (Wildman–Crippen LogP) is 0.931. The van der Waals surface area contributed by atoms with Gasteiger partial charge in [-0.1, -0.05) is 48.5 Å². The molecule has 4 aromatic rings. The van der Waals surface area contributed by atoms with E-state index in [1.807, 2.05) is 16.7 Å². The van der Waals surface area contributed by atoms with Gasteiger partial charge in [-0.15, -0.1) is 0 Å². The number of benzene rings is 3. The van der Waals surface area contributed by atoms with Crippen molar-refractivity contribution >= 4 is 21.8 Å². The molecule has 0 aliphatic carbocycles. The molecular formula is C25H26N2O7. The number of rotatable bonds is 6. The summed E-state index contributed by atoms with van der Waals surface area (Å²) in [7, 11) is 0. The van der Waals surface area contributed by atoms with Crippen LogP contribution in [0.3, 0.4) is 0 Å². The van der Waals surface area contributed by atoms with E-state index in [1.54, 1.807) is 24.5 Å². The van der Waals surface area contributed by atoms with Crippen LogP contribution in [0.5, 0.6) is 5.75 Å². The van der Waals surface area contributed by atoms with Crippen LogP contribution in [0.1, 0.15) is 5.56 Å². The first-order chi connectivity index (χ1) is 16.4. The second kappa shape index (κ2) is 8.95. The van der Waals surface area contributed by atoms with Gasteiger partial charge in [0, 0.05) is 6.54 Å². The molecule has 2 heterocycles. The predicted molar refractivity (Wildman–Crippen MR) is 123 cm³/mol. The molecule has 5 rings (SSSR count).